The number of carbonyl (C=O) groups excluding carboxylic acids is 2. The number of amides is 1. The van der Waals surface area contributed by atoms with E-state index in [1.54, 1.807) is 13.1 Å². The van der Waals surface area contributed by atoms with E-state index in [4.69, 9.17) is 5.73 Å². The van der Waals surface area contributed by atoms with Gasteiger partial charge in [-0.15, -0.1) is 0 Å². The largest absolute Gasteiger partial charge is 0.359 e. The van der Waals surface area contributed by atoms with Crippen molar-refractivity contribution in [3.05, 3.63) is 35.6 Å². The van der Waals surface area contributed by atoms with Crippen molar-refractivity contribution >= 4 is 11.7 Å². The van der Waals surface area contributed by atoms with Crippen LogP contribution in [-0.4, -0.2) is 55.0 Å². The van der Waals surface area contributed by atoms with Crippen LogP contribution in [0.5, 0.6) is 0 Å². The zero-order chi connectivity index (χ0) is 23.4. The fraction of sp³-hybridized carbons (Fsp3) is 0.667. The summed E-state index contributed by atoms with van der Waals surface area (Å²) in [4.78, 5) is 23.0. The molecule has 3 rings (SSSR count). The average molecular weight is 440 g/mol. The Labute approximate surface area is 185 Å². The predicted octanol–water partition coefficient (Wildman–Crippen LogP) is 3.65. The molecule has 1 saturated carbocycles. The highest BCUT2D eigenvalue weighted by molar-refractivity contribution is 5.83. The second kappa shape index (κ2) is 13.5. The second-order valence-corrected chi connectivity index (χ2v) is 8.81. The van der Waals surface area contributed by atoms with Crippen LogP contribution >= 0.6 is 0 Å². The third kappa shape index (κ3) is 11.9. The van der Waals surface area contributed by atoms with Gasteiger partial charge in [-0.1, -0.05) is 18.2 Å². The molecule has 176 valence electrons. The molecule has 31 heavy (non-hydrogen) atoms. The van der Waals surface area contributed by atoms with Crippen LogP contribution in [0, 0.1) is 11.7 Å². The molecular formula is C24H39F2N3O2. The van der Waals surface area contributed by atoms with Crippen LogP contribution in [0.15, 0.2) is 24.3 Å². The number of rotatable bonds is 7. The highest BCUT2D eigenvalue weighted by Crippen LogP contribution is 2.28. The Balaban J connectivity index is 0.000000283. The van der Waals surface area contributed by atoms with Crippen molar-refractivity contribution < 1.29 is 18.4 Å². The first-order valence-electron chi connectivity index (χ1n) is 11.2. The van der Waals surface area contributed by atoms with Crippen molar-refractivity contribution in [2.75, 3.05) is 26.7 Å². The smallest absolute Gasteiger partial charge is 0.222 e. The van der Waals surface area contributed by atoms with E-state index in [0.717, 1.165) is 31.4 Å². The highest BCUT2D eigenvalue weighted by Gasteiger charge is 2.28. The monoisotopic (exact) mass is 439 g/mol. The Morgan fingerprint density at radius 3 is 2.19 bits per heavy atom. The van der Waals surface area contributed by atoms with Crippen LogP contribution in [0.3, 0.4) is 0 Å². The maximum Gasteiger partial charge on any atom is 0.222 e. The molecule has 1 saturated heterocycles. The summed E-state index contributed by atoms with van der Waals surface area (Å²) in [7, 11) is 1.68. The molecule has 1 aliphatic heterocycles. The van der Waals surface area contributed by atoms with Crippen LogP contribution in [0.2, 0.25) is 0 Å². The normalized spacial score (nSPS) is 17.0. The third-order valence-corrected chi connectivity index (χ3v) is 5.49. The summed E-state index contributed by atoms with van der Waals surface area (Å²) in [6.07, 6.45) is 6.40. The average Bonchev–Trinajstić information content (AvgIpc) is 3.43. The summed E-state index contributed by atoms with van der Waals surface area (Å²) in [5.74, 6) is 0.0154. The Kier molecular flexibility index (Phi) is 11.9. The minimum Gasteiger partial charge on any atom is -0.359 e. The second-order valence-electron chi connectivity index (χ2n) is 8.81. The van der Waals surface area contributed by atoms with Gasteiger partial charge >= 0.3 is 0 Å². The Morgan fingerprint density at radius 1 is 1.23 bits per heavy atom. The van der Waals surface area contributed by atoms with Crippen LogP contribution in [-0.2, 0) is 16.0 Å². The first-order valence-corrected chi connectivity index (χ1v) is 11.2. The number of likely N-dealkylation sites (tertiary alicyclic amines) is 1. The van der Waals surface area contributed by atoms with E-state index in [2.05, 4.69) is 10.2 Å². The fourth-order valence-electron chi connectivity index (χ4n) is 2.95. The van der Waals surface area contributed by atoms with E-state index in [-0.39, 0.29) is 17.8 Å². The first kappa shape index (κ1) is 27.2. The van der Waals surface area contributed by atoms with E-state index in [1.165, 1.54) is 52.8 Å². The Bertz CT molecular complexity index is 680. The number of carbonyl (C=O) groups is 2. The Hall–Kier alpha value is -1.86. The van der Waals surface area contributed by atoms with Crippen molar-refractivity contribution in [1.29, 1.82) is 0 Å². The van der Waals surface area contributed by atoms with E-state index in [1.807, 2.05) is 12.1 Å². The topological polar surface area (TPSA) is 75.4 Å². The molecule has 7 heteroatoms. The molecule has 1 heterocycles. The van der Waals surface area contributed by atoms with Crippen molar-refractivity contribution in [3.8, 4) is 0 Å². The van der Waals surface area contributed by atoms with Gasteiger partial charge in [0.1, 0.15) is 5.82 Å². The lowest BCUT2D eigenvalue weighted by molar-refractivity contribution is -0.126. The maximum absolute atomic E-state index is 13.4. The zero-order valence-electron chi connectivity index (χ0n) is 19.4. The van der Waals surface area contributed by atoms with Gasteiger partial charge in [-0.2, -0.15) is 0 Å². The SMILES string of the molecule is CC(=O)C(C)(C)F.CNC(=O)C1CC1.NC(CCN1CCCC1)Cc1ccccc1F. The molecule has 1 unspecified atom stereocenters. The molecule has 1 atom stereocenters. The predicted molar refractivity (Wildman–Crippen MR) is 121 cm³/mol. The molecule has 0 aromatic heterocycles. The minimum atomic E-state index is -1.64. The van der Waals surface area contributed by atoms with Gasteiger partial charge in [0, 0.05) is 19.0 Å². The fourth-order valence-corrected chi connectivity index (χ4v) is 2.95. The maximum atomic E-state index is 13.4. The molecule has 5 nitrogen and oxygen atoms in total. The number of alkyl halides is 1. The van der Waals surface area contributed by atoms with Gasteiger partial charge in [0.25, 0.3) is 0 Å². The molecule has 0 bridgehead atoms. The van der Waals surface area contributed by atoms with Crippen LogP contribution in [0.1, 0.15) is 58.4 Å². The minimum absolute atomic E-state index is 0.0625. The van der Waals surface area contributed by atoms with Crippen molar-refractivity contribution in [3.63, 3.8) is 0 Å². The van der Waals surface area contributed by atoms with Gasteiger partial charge in [0.2, 0.25) is 5.91 Å². The summed E-state index contributed by atoms with van der Waals surface area (Å²) >= 11 is 0. The molecule has 1 aliphatic carbocycles. The summed E-state index contributed by atoms with van der Waals surface area (Å²) in [5, 5.41) is 2.59. The molecule has 0 spiro atoms. The lowest BCUT2D eigenvalue weighted by Gasteiger charge is -2.18. The van der Waals surface area contributed by atoms with Crippen LogP contribution < -0.4 is 11.1 Å². The van der Waals surface area contributed by atoms with Crippen LogP contribution in [0.4, 0.5) is 8.78 Å². The van der Waals surface area contributed by atoms with Crippen molar-refractivity contribution in [2.45, 2.75) is 71.0 Å². The van der Waals surface area contributed by atoms with Gasteiger partial charge in [0.05, 0.1) is 0 Å². The molecule has 1 amide bonds. The number of nitrogens with one attached hydrogen (secondary N) is 1. The van der Waals surface area contributed by atoms with Gasteiger partial charge < -0.3 is 16.0 Å². The van der Waals surface area contributed by atoms with E-state index in [9.17, 15) is 18.4 Å². The molecular weight excluding hydrogens is 400 g/mol. The zero-order valence-corrected chi connectivity index (χ0v) is 19.4. The molecule has 1 aromatic carbocycles. The van der Waals surface area contributed by atoms with Crippen molar-refractivity contribution in [1.82, 2.24) is 10.2 Å². The number of hydrogen-bond donors (Lipinski definition) is 2. The van der Waals surface area contributed by atoms with E-state index in [0.29, 0.717) is 12.3 Å². The number of benzene rings is 1. The quantitative estimate of drug-likeness (QED) is 0.680. The molecule has 1 aromatic rings. The molecule has 2 aliphatic rings. The number of hydrogen-bond acceptors (Lipinski definition) is 4. The highest BCUT2D eigenvalue weighted by atomic mass is 19.1. The molecule has 3 N–H and O–H groups in total. The van der Waals surface area contributed by atoms with Crippen molar-refractivity contribution in [2.24, 2.45) is 11.7 Å². The molecule has 2 fully saturated rings. The number of nitrogens with zero attached hydrogens (tertiary/aromatic N) is 1. The molecule has 0 radical (unpaired) electrons. The standard InChI is InChI=1S/C14H21FN2.C5H9FO.C5H9NO/c15-14-6-2-1-5-12(14)11-13(16)7-10-17-8-3-4-9-17;1-4(7)5(2,3)6;1-6-5(7)4-2-3-4/h1-2,5-6,13H,3-4,7-11,16H2;1-3H3;4H,2-3H2,1H3,(H,6,7). The van der Waals surface area contributed by atoms with Crippen LogP contribution in [0.25, 0.3) is 0 Å². The summed E-state index contributed by atoms with van der Waals surface area (Å²) < 4.78 is 25.6. The summed E-state index contributed by atoms with van der Waals surface area (Å²) in [5.41, 5.74) is 5.16. The number of nitrogens with two attached hydrogens (primary N) is 1. The lowest BCUT2D eigenvalue weighted by atomic mass is 10.0. The third-order valence-electron chi connectivity index (χ3n) is 5.49. The van der Waals surface area contributed by atoms with Gasteiger partial charge in [-0.25, -0.2) is 8.78 Å². The lowest BCUT2D eigenvalue weighted by Crippen LogP contribution is -2.30. The van der Waals surface area contributed by atoms with Gasteiger partial charge in [-0.3, -0.25) is 9.59 Å². The van der Waals surface area contributed by atoms with E-state index >= 15 is 0 Å². The summed E-state index contributed by atoms with van der Waals surface area (Å²) in [6.45, 7) is 7.18. The summed E-state index contributed by atoms with van der Waals surface area (Å²) in [6, 6.07) is 6.97. The number of halogens is 2. The van der Waals surface area contributed by atoms with E-state index < -0.39 is 11.5 Å². The number of ketones is 1. The van der Waals surface area contributed by atoms with Gasteiger partial charge in [0.15, 0.2) is 11.5 Å². The number of Topliss-reactive ketones (excluding diaryl/α,β-unsaturated/α-hetero) is 1. The first-order chi connectivity index (χ1) is 14.5. The Morgan fingerprint density at radius 2 is 1.77 bits per heavy atom. The van der Waals surface area contributed by atoms with Gasteiger partial charge in [-0.05, 0) is 90.6 Å².